The molecule has 0 radical (unpaired) electrons. The first-order chi connectivity index (χ1) is 17.4. The Hall–Kier alpha value is -3.99. The highest BCUT2D eigenvalue weighted by molar-refractivity contribution is 8.15. The smallest absolute Gasteiger partial charge is 0.286 e. The summed E-state index contributed by atoms with van der Waals surface area (Å²) >= 11 is 1.03. The van der Waals surface area contributed by atoms with E-state index >= 15 is 0 Å². The number of hydrogen-bond acceptors (Lipinski definition) is 10. The highest BCUT2D eigenvalue weighted by atomic mass is 32.2. The van der Waals surface area contributed by atoms with Crippen molar-refractivity contribution in [2.45, 2.75) is 11.7 Å². The molecule has 0 saturated carbocycles. The third-order valence-electron chi connectivity index (χ3n) is 5.40. The zero-order chi connectivity index (χ0) is 25.5. The van der Waals surface area contributed by atoms with Crippen LogP contribution in [0.15, 0.2) is 54.9 Å². The van der Waals surface area contributed by atoms with Crippen molar-refractivity contribution in [1.29, 1.82) is 0 Å². The normalized spacial score (nSPS) is 14.8. The van der Waals surface area contributed by atoms with Crippen LogP contribution in [0.4, 0.5) is 10.6 Å². The minimum Gasteiger partial charge on any atom is -0.493 e. The number of ether oxygens (including phenoxy) is 4. The van der Waals surface area contributed by atoms with Gasteiger partial charge in [-0.25, -0.2) is 9.97 Å². The molecule has 2 aromatic carbocycles. The lowest BCUT2D eigenvalue weighted by Crippen LogP contribution is -2.25. The molecule has 1 aromatic heterocycles. The Labute approximate surface area is 212 Å². The quantitative estimate of drug-likeness (QED) is 0.410. The van der Waals surface area contributed by atoms with Gasteiger partial charge in [0.15, 0.2) is 11.5 Å². The average Bonchev–Trinajstić information content (AvgIpc) is 3.21. The molecule has 3 aromatic rings. The van der Waals surface area contributed by atoms with E-state index in [4.69, 9.17) is 18.9 Å². The van der Waals surface area contributed by atoms with Gasteiger partial charge in [-0.15, -0.1) is 0 Å². The molecule has 2 amide bonds. The predicted octanol–water partition coefficient (Wildman–Crippen LogP) is 3.70. The molecular weight excluding hydrogens is 484 g/mol. The lowest BCUT2D eigenvalue weighted by molar-refractivity contribution is -0.118. The van der Waals surface area contributed by atoms with E-state index in [0.29, 0.717) is 54.3 Å². The van der Waals surface area contributed by atoms with Crippen LogP contribution >= 0.6 is 11.8 Å². The van der Waals surface area contributed by atoms with Crippen molar-refractivity contribution in [3.63, 3.8) is 0 Å². The maximum atomic E-state index is 11.7. The Morgan fingerprint density at radius 1 is 0.972 bits per heavy atom. The Bertz CT molecular complexity index is 1220. The van der Waals surface area contributed by atoms with Crippen LogP contribution < -0.4 is 29.2 Å². The van der Waals surface area contributed by atoms with Crippen molar-refractivity contribution in [2.24, 2.45) is 0 Å². The van der Waals surface area contributed by atoms with Gasteiger partial charge in [0, 0.05) is 19.2 Å². The van der Waals surface area contributed by atoms with Gasteiger partial charge < -0.3 is 23.8 Å². The number of anilines is 1. The maximum Gasteiger partial charge on any atom is 0.286 e. The molecule has 1 aliphatic heterocycles. The van der Waals surface area contributed by atoms with Crippen molar-refractivity contribution < 1.29 is 28.5 Å². The van der Waals surface area contributed by atoms with Gasteiger partial charge in [-0.05, 0) is 36.2 Å². The molecule has 1 unspecified atom stereocenters. The van der Waals surface area contributed by atoms with Crippen LogP contribution in [-0.2, 0) is 11.2 Å². The molecule has 1 fully saturated rings. The first-order valence-corrected chi connectivity index (χ1v) is 12.0. The van der Waals surface area contributed by atoms with E-state index in [9.17, 15) is 9.59 Å². The predicted molar refractivity (Wildman–Crippen MR) is 135 cm³/mol. The Morgan fingerprint density at radius 3 is 2.42 bits per heavy atom. The number of amides is 2. The molecule has 4 rings (SSSR count). The first-order valence-electron chi connectivity index (χ1n) is 11.1. The lowest BCUT2D eigenvalue weighted by Gasteiger charge is -2.19. The third-order valence-corrected chi connectivity index (χ3v) is 6.38. The van der Waals surface area contributed by atoms with Crippen molar-refractivity contribution in [3.05, 3.63) is 60.4 Å². The average molecular weight is 511 g/mol. The van der Waals surface area contributed by atoms with Crippen LogP contribution in [0.2, 0.25) is 0 Å². The van der Waals surface area contributed by atoms with Gasteiger partial charge in [-0.1, -0.05) is 23.9 Å². The SMILES string of the molecule is COc1ccc(Oc2cc(N(C)CCOc3ccc(CC4SC(=O)NC4=O)cc3)ncn2)cc1OC. The number of aromatic nitrogens is 2. The number of hydrogen-bond donors (Lipinski definition) is 1. The third kappa shape index (κ3) is 6.36. The Kier molecular flexibility index (Phi) is 8.11. The standard InChI is InChI=1S/C25H26N4O6S/c1-29(10-11-34-17-6-4-16(5-7-17)12-21-24(30)28-25(31)36-21)22-14-23(27-15-26-22)35-18-8-9-19(32-2)20(13-18)33-3/h4-9,13-15,21H,10-12H2,1-3H3,(H,28,30,31). The van der Waals surface area contributed by atoms with E-state index in [2.05, 4.69) is 15.3 Å². The van der Waals surface area contributed by atoms with Crippen molar-refractivity contribution in [2.75, 3.05) is 39.3 Å². The van der Waals surface area contributed by atoms with E-state index in [0.717, 1.165) is 17.3 Å². The molecule has 2 heterocycles. The fourth-order valence-electron chi connectivity index (χ4n) is 3.47. The highest BCUT2D eigenvalue weighted by Crippen LogP contribution is 2.33. The molecular formula is C25H26N4O6S. The van der Waals surface area contributed by atoms with E-state index in [-0.39, 0.29) is 16.4 Å². The van der Waals surface area contributed by atoms with Crippen molar-refractivity contribution in [1.82, 2.24) is 15.3 Å². The fourth-order valence-corrected chi connectivity index (χ4v) is 4.33. The van der Waals surface area contributed by atoms with Gasteiger partial charge in [0.05, 0.1) is 26.0 Å². The van der Waals surface area contributed by atoms with Gasteiger partial charge in [0.1, 0.15) is 30.3 Å². The molecule has 0 spiro atoms. The summed E-state index contributed by atoms with van der Waals surface area (Å²) in [7, 11) is 5.04. The maximum absolute atomic E-state index is 11.7. The summed E-state index contributed by atoms with van der Waals surface area (Å²) in [5.74, 6) is 3.28. The zero-order valence-corrected chi connectivity index (χ0v) is 20.9. The topological polar surface area (TPSA) is 112 Å². The summed E-state index contributed by atoms with van der Waals surface area (Å²) in [6.45, 7) is 1.01. The van der Waals surface area contributed by atoms with Crippen LogP contribution in [0.3, 0.4) is 0 Å². The summed E-state index contributed by atoms with van der Waals surface area (Å²) in [6, 6.07) is 14.5. The largest absolute Gasteiger partial charge is 0.493 e. The van der Waals surface area contributed by atoms with Gasteiger partial charge in [-0.3, -0.25) is 14.9 Å². The van der Waals surface area contributed by atoms with Crippen LogP contribution in [0.1, 0.15) is 5.56 Å². The Morgan fingerprint density at radius 2 is 1.72 bits per heavy atom. The number of methoxy groups -OCH3 is 2. The van der Waals surface area contributed by atoms with Crippen LogP contribution in [0, 0.1) is 0 Å². The number of likely N-dealkylation sites (N-methyl/N-ethyl adjacent to an activating group) is 1. The minimum absolute atomic E-state index is 0.240. The number of rotatable bonds is 11. The second kappa shape index (κ2) is 11.6. The number of benzene rings is 2. The summed E-state index contributed by atoms with van der Waals surface area (Å²) in [4.78, 5) is 33.5. The lowest BCUT2D eigenvalue weighted by atomic mass is 10.1. The number of carbonyl (C=O) groups is 2. The Balaban J connectivity index is 1.28. The molecule has 1 aliphatic rings. The molecule has 1 saturated heterocycles. The highest BCUT2D eigenvalue weighted by Gasteiger charge is 2.31. The monoisotopic (exact) mass is 510 g/mol. The first kappa shape index (κ1) is 25.1. The van der Waals surface area contributed by atoms with E-state index in [1.807, 2.05) is 36.2 Å². The van der Waals surface area contributed by atoms with Crippen molar-refractivity contribution in [3.8, 4) is 28.9 Å². The summed E-state index contributed by atoms with van der Waals surface area (Å²) in [5, 5.41) is 1.63. The van der Waals surface area contributed by atoms with Gasteiger partial charge in [0.25, 0.3) is 5.24 Å². The molecule has 0 aliphatic carbocycles. The van der Waals surface area contributed by atoms with E-state index in [1.54, 1.807) is 38.5 Å². The van der Waals surface area contributed by atoms with Gasteiger partial charge in [-0.2, -0.15) is 0 Å². The van der Waals surface area contributed by atoms with Crippen LogP contribution in [0.25, 0.3) is 0 Å². The molecule has 1 N–H and O–H groups in total. The number of thioether (sulfide) groups is 1. The van der Waals surface area contributed by atoms with Crippen molar-refractivity contribution >= 4 is 28.7 Å². The number of imide groups is 1. The summed E-state index contributed by atoms with van der Waals surface area (Å²) in [5.41, 5.74) is 0.963. The second-order valence-electron chi connectivity index (χ2n) is 7.83. The number of nitrogens with one attached hydrogen (secondary N) is 1. The molecule has 11 heteroatoms. The molecule has 0 bridgehead atoms. The molecule has 1 atom stereocenters. The zero-order valence-electron chi connectivity index (χ0n) is 20.1. The molecule has 188 valence electrons. The van der Waals surface area contributed by atoms with Crippen LogP contribution in [0.5, 0.6) is 28.9 Å². The number of carbonyl (C=O) groups excluding carboxylic acids is 2. The summed E-state index contributed by atoms with van der Waals surface area (Å²) in [6.07, 6.45) is 1.94. The minimum atomic E-state index is -0.383. The molecule has 10 nitrogen and oxygen atoms in total. The van der Waals surface area contributed by atoms with Gasteiger partial charge >= 0.3 is 0 Å². The molecule has 36 heavy (non-hydrogen) atoms. The van der Waals surface area contributed by atoms with Gasteiger partial charge in [0.2, 0.25) is 11.8 Å². The van der Waals surface area contributed by atoms with E-state index < -0.39 is 0 Å². The number of nitrogens with zero attached hydrogens (tertiary/aromatic N) is 3. The fraction of sp³-hybridized carbons (Fsp3) is 0.280. The van der Waals surface area contributed by atoms with E-state index in [1.165, 1.54) is 6.33 Å². The van der Waals surface area contributed by atoms with Crippen LogP contribution in [-0.4, -0.2) is 60.8 Å². The second-order valence-corrected chi connectivity index (χ2v) is 9.01. The summed E-state index contributed by atoms with van der Waals surface area (Å²) < 4.78 is 22.3.